The average molecular weight is 217 g/mol. The molecule has 1 rings (SSSR count). The summed E-state index contributed by atoms with van der Waals surface area (Å²) in [6, 6.07) is 4.58. The molecular weight excluding hydrogens is 206 g/mol. The highest BCUT2D eigenvalue weighted by Crippen LogP contribution is 2.20. The highest BCUT2D eigenvalue weighted by atomic mass is 32.2. The Morgan fingerprint density at radius 2 is 2.14 bits per heavy atom. The molecular formula is C8H11NO4S. The van der Waals surface area contributed by atoms with Crippen molar-refractivity contribution in [2.75, 3.05) is 12.8 Å². The first-order valence-corrected chi connectivity index (χ1v) is 5.41. The minimum Gasteiger partial charge on any atom is -0.497 e. The Balaban J connectivity index is 3.01. The molecule has 0 spiro atoms. The normalized spacial score (nSPS) is 11.3. The van der Waals surface area contributed by atoms with Crippen LogP contribution in [-0.4, -0.2) is 20.1 Å². The smallest absolute Gasteiger partial charge is 0.269 e. The molecule has 78 valence electrons. The van der Waals surface area contributed by atoms with Crippen molar-refractivity contribution in [3.8, 4) is 5.75 Å². The highest BCUT2D eigenvalue weighted by Gasteiger charge is 2.09. The second kappa shape index (κ2) is 3.85. The van der Waals surface area contributed by atoms with Crippen LogP contribution in [0.4, 0.5) is 5.69 Å². The lowest BCUT2D eigenvalue weighted by atomic mass is 10.2. The Kier molecular flexibility index (Phi) is 2.97. The van der Waals surface area contributed by atoms with E-state index in [0.29, 0.717) is 11.3 Å². The van der Waals surface area contributed by atoms with E-state index in [-0.39, 0.29) is 5.69 Å². The average Bonchev–Trinajstić information content (AvgIpc) is 2.06. The number of benzene rings is 1. The van der Waals surface area contributed by atoms with Crippen LogP contribution in [-0.2, 0) is 15.9 Å². The first kappa shape index (κ1) is 10.8. The van der Waals surface area contributed by atoms with Gasteiger partial charge in [-0.15, -0.1) is 0 Å². The molecule has 6 heteroatoms. The number of anilines is 1. The van der Waals surface area contributed by atoms with Gasteiger partial charge in [-0.25, -0.2) is 0 Å². The molecule has 0 aromatic heterocycles. The molecule has 1 aromatic carbocycles. The van der Waals surface area contributed by atoms with Crippen LogP contribution < -0.4 is 10.5 Å². The first-order chi connectivity index (χ1) is 6.42. The van der Waals surface area contributed by atoms with Gasteiger partial charge in [0.25, 0.3) is 10.1 Å². The molecule has 3 N–H and O–H groups in total. The van der Waals surface area contributed by atoms with Gasteiger partial charge in [0.2, 0.25) is 0 Å². The molecule has 14 heavy (non-hydrogen) atoms. The Morgan fingerprint density at radius 1 is 1.50 bits per heavy atom. The summed E-state index contributed by atoms with van der Waals surface area (Å²) >= 11 is 0. The van der Waals surface area contributed by atoms with Gasteiger partial charge in [0.05, 0.1) is 7.11 Å². The number of nitrogens with two attached hydrogens (primary N) is 1. The largest absolute Gasteiger partial charge is 0.497 e. The molecule has 0 aliphatic rings. The second-order valence-electron chi connectivity index (χ2n) is 2.79. The standard InChI is InChI=1S/C8H11NO4S/c1-13-7-3-2-6(8(9)4-7)5-14(10,11)12/h2-4H,5,9H2,1H3,(H,10,11,12). The molecule has 0 saturated heterocycles. The lowest BCUT2D eigenvalue weighted by molar-refractivity contribution is 0.415. The molecule has 1 aromatic rings. The summed E-state index contributed by atoms with van der Waals surface area (Å²) in [5.41, 5.74) is 6.18. The maximum atomic E-state index is 10.6. The molecule has 0 unspecified atom stereocenters. The van der Waals surface area contributed by atoms with Crippen LogP contribution in [0, 0.1) is 0 Å². The number of hydrogen-bond acceptors (Lipinski definition) is 4. The van der Waals surface area contributed by atoms with Crippen LogP contribution in [0.3, 0.4) is 0 Å². The van der Waals surface area contributed by atoms with E-state index in [1.54, 1.807) is 6.07 Å². The molecule has 0 radical (unpaired) electrons. The summed E-state index contributed by atoms with van der Waals surface area (Å²) in [7, 11) is -2.56. The van der Waals surface area contributed by atoms with Crippen molar-refractivity contribution in [2.24, 2.45) is 0 Å². The van der Waals surface area contributed by atoms with E-state index >= 15 is 0 Å². The minimum absolute atomic E-state index is 0.280. The quantitative estimate of drug-likeness (QED) is 0.573. The number of ether oxygens (including phenoxy) is 1. The van der Waals surface area contributed by atoms with E-state index in [1.807, 2.05) is 0 Å². The van der Waals surface area contributed by atoms with Crippen molar-refractivity contribution >= 4 is 15.8 Å². The summed E-state index contributed by atoms with van der Waals surface area (Å²) in [6.45, 7) is 0. The maximum Gasteiger partial charge on any atom is 0.269 e. The predicted octanol–water partition coefficient (Wildman–Crippen LogP) is 0.665. The zero-order valence-corrected chi connectivity index (χ0v) is 8.41. The van der Waals surface area contributed by atoms with Gasteiger partial charge in [0.15, 0.2) is 0 Å². The zero-order chi connectivity index (χ0) is 10.8. The van der Waals surface area contributed by atoms with E-state index in [4.69, 9.17) is 15.0 Å². The molecule has 0 bridgehead atoms. The lowest BCUT2D eigenvalue weighted by Gasteiger charge is -2.05. The van der Waals surface area contributed by atoms with Crippen molar-refractivity contribution in [1.29, 1.82) is 0 Å². The van der Waals surface area contributed by atoms with Gasteiger partial charge in [-0.05, 0) is 11.6 Å². The van der Waals surface area contributed by atoms with Crippen LogP contribution in [0.25, 0.3) is 0 Å². The van der Waals surface area contributed by atoms with Gasteiger partial charge < -0.3 is 10.5 Å². The minimum atomic E-state index is -4.04. The van der Waals surface area contributed by atoms with Gasteiger partial charge >= 0.3 is 0 Å². The molecule has 0 heterocycles. The number of nitrogen functional groups attached to an aromatic ring is 1. The predicted molar refractivity (Wildman–Crippen MR) is 52.7 cm³/mol. The monoisotopic (exact) mass is 217 g/mol. The van der Waals surface area contributed by atoms with E-state index in [9.17, 15) is 8.42 Å². The second-order valence-corrected chi connectivity index (χ2v) is 4.24. The van der Waals surface area contributed by atoms with Crippen molar-refractivity contribution in [1.82, 2.24) is 0 Å². The van der Waals surface area contributed by atoms with Crippen molar-refractivity contribution in [2.45, 2.75) is 5.75 Å². The highest BCUT2D eigenvalue weighted by molar-refractivity contribution is 7.85. The first-order valence-electron chi connectivity index (χ1n) is 3.80. The fraction of sp³-hybridized carbons (Fsp3) is 0.250. The molecule has 5 nitrogen and oxygen atoms in total. The molecule has 0 atom stereocenters. The fourth-order valence-corrected chi connectivity index (χ4v) is 1.68. The molecule has 0 aliphatic carbocycles. The van der Waals surface area contributed by atoms with Crippen LogP contribution in [0.1, 0.15) is 5.56 Å². The topological polar surface area (TPSA) is 89.6 Å². The van der Waals surface area contributed by atoms with Gasteiger partial charge in [-0.2, -0.15) is 8.42 Å². The zero-order valence-electron chi connectivity index (χ0n) is 7.60. The third kappa shape index (κ3) is 2.90. The summed E-state index contributed by atoms with van der Waals surface area (Å²) in [5, 5.41) is 0. The van der Waals surface area contributed by atoms with Crippen molar-refractivity contribution < 1.29 is 17.7 Å². The summed E-state index contributed by atoms with van der Waals surface area (Å²) in [4.78, 5) is 0. The fourth-order valence-electron chi connectivity index (χ4n) is 1.03. The Bertz CT molecular complexity index is 427. The summed E-state index contributed by atoms with van der Waals surface area (Å²) < 4.78 is 34.6. The third-order valence-corrected chi connectivity index (χ3v) is 2.37. The van der Waals surface area contributed by atoms with E-state index < -0.39 is 15.9 Å². The van der Waals surface area contributed by atoms with Gasteiger partial charge in [-0.1, -0.05) is 6.07 Å². The van der Waals surface area contributed by atoms with Crippen LogP contribution in [0.2, 0.25) is 0 Å². The molecule has 0 saturated carbocycles. The van der Waals surface area contributed by atoms with E-state index in [0.717, 1.165) is 0 Å². The van der Waals surface area contributed by atoms with Gasteiger partial charge in [-0.3, -0.25) is 4.55 Å². The lowest BCUT2D eigenvalue weighted by Crippen LogP contribution is -2.04. The Hall–Kier alpha value is -1.27. The van der Waals surface area contributed by atoms with Crippen LogP contribution in [0.15, 0.2) is 18.2 Å². The third-order valence-electron chi connectivity index (χ3n) is 1.69. The van der Waals surface area contributed by atoms with Crippen LogP contribution in [0.5, 0.6) is 5.75 Å². The summed E-state index contributed by atoms with van der Waals surface area (Å²) in [6.07, 6.45) is 0. The molecule has 0 aliphatic heterocycles. The maximum absolute atomic E-state index is 10.6. The Morgan fingerprint density at radius 3 is 2.57 bits per heavy atom. The van der Waals surface area contributed by atoms with Crippen LogP contribution >= 0.6 is 0 Å². The van der Waals surface area contributed by atoms with E-state index in [2.05, 4.69) is 0 Å². The van der Waals surface area contributed by atoms with E-state index in [1.165, 1.54) is 19.2 Å². The van der Waals surface area contributed by atoms with Gasteiger partial charge in [0, 0.05) is 11.8 Å². The Labute approximate surface area is 82.2 Å². The van der Waals surface area contributed by atoms with Crippen molar-refractivity contribution in [3.05, 3.63) is 23.8 Å². The molecule has 0 fully saturated rings. The molecule has 0 amide bonds. The van der Waals surface area contributed by atoms with Crippen molar-refractivity contribution in [3.63, 3.8) is 0 Å². The number of hydrogen-bond donors (Lipinski definition) is 2. The number of methoxy groups -OCH3 is 1. The summed E-state index contributed by atoms with van der Waals surface area (Å²) in [5.74, 6) is 0.0598. The van der Waals surface area contributed by atoms with Gasteiger partial charge in [0.1, 0.15) is 11.5 Å². The SMILES string of the molecule is COc1ccc(CS(=O)(=O)O)c(N)c1. The number of rotatable bonds is 3.